The van der Waals surface area contributed by atoms with E-state index in [1.165, 1.54) is 0 Å². The lowest BCUT2D eigenvalue weighted by Gasteiger charge is -2.35. The molecule has 1 fully saturated rings. The van der Waals surface area contributed by atoms with E-state index in [9.17, 15) is 9.90 Å². The van der Waals surface area contributed by atoms with Gasteiger partial charge in [0.2, 0.25) is 5.91 Å². The first-order valence-electron chi connectivity index (χ1n) is 6.61. The highest BCUT2D eigenvalue weighted by atomic mass is 16.5. The SMILES string of the molecule is CN(CC1(O)CCOCC1)C(=O)CCn1cccn1. The lowest BCUT2D eigenvalue weighted by atomic mass is 9.94. The lowest BCUT2D eigenvalue weighted by Crippen LogP contribution is -2.47. The molecule has 0 unspecified atom stereocenters. The number of aromatic nitrogens is 2. The van der Waals surface area contributed by atoms with E-state index >= 15 is 0 Å². The van der Waals surface area contributed by atoms with E-state index in [0.717, 1.165) is 0 Å². The first-order chi connectivity index (χ1) is 9.09. The minimum absolute atomic E-state index is 0.0235. The van der Waals surface area contributed by atoms with Crippen molar-refractivity contribution in [1.82, 2.24) is 14.7 Å². The van der Waals surface area contributed by atoms with E-state index in [4.69, 9.17) is 4.74 Å². The third-order valence-corrected chi connectivity index (χ3v) is 3.49. The molecule has 1 N–H and O–H groups in total. The molecule has 0 spiro atoms. The summed E-state index contributed by atoms with van der Waals surface area (Å²) in [5.41, 5.74) is -0.797. The van der Waals surface area contributed by atoms with E-state index in [2.05, 4.69) is 5.10 Å². The summed E-state index contributed by atoms with van der Waals surface area (Å²) >= 11 is 0. The second-order valence-electron chi connectivity index (χ2n) is 5.11. The largest absolute Gasteiger partial charge is 0.388 e. The molecule has 0 aromatic carbocycles. The molecule has 1 aliphatic rings. The van der Waals surface area contributed by atoms with Crippen molar-refractivity contribution in [2.45, 2.75) is 31.4 Å². The van der Waals surface area contributed by atoms with Crippen LogP contribution in [0.5, 0.6) is 0 Å². The number of hydrogen-bond donors (Lipinski definition) is 1. The second kappa shape index (κ2) is 6.16. The van der Waals surface area contributed by atoms with Gasteiger partial charge in [-0.1, -0.05) is 0 Å². The summed E-state index contributed by atoms with van der Waals surface area (Å²) in [6.45, 7) is 2.06. The van der Waals surface area contributed by atoms with Crippen molar-refractivity contribution in [2.75, 3.05) is 26.8 Å². The molecule has 1 aromatic rings. The summed E-state index contributed by atoms with van der Waals surface area (Å²) in [5.74, 6) is 0.0235. The average Bonchev–Trinajstić information content (AvgIpc) is 2.89. The molecule has 0 aliphatic carbocycles. The predicted molar refractivity (Wildman–Crippen MR) is 69.5 cm³/mol. The number of aryl methyl sites for hydroxylation is 1. The summed E-state index contributed by atoms with van der Waals surface area (Å²) in [6.07, 6.45) is 5.09. The molecule has 106 valence electrons. The third-order valence-electron chi connectivity index (χ3n) is 3.49. The molecule has 0 saturated carbocycles. The molecule has 19 heavy (non-hydrogen) atoms. The molecule has 1 saturated heterocycles. The molecular weight excluding hydrogens is 246 g/mol. The lowest BCUT2D eigenvalue weighted by molar-refractivity contribution is -0.137. The van der Waals surface area contributed by atoms with Gasteiger partial charge >= 0.3 is 0 Å². The number of likely N-dealkylation sites (N-methyl/N-ethyl adjacent to an activating group) is 1. The summed E-state index contributed by atoms with van der Waals surface area (Å²) in [4.78, 5) is 13.6. The number of aliphatic hydroxyl groups is 1. The van der Waals surface area contributed by atoms with Gasteiger partial charge in [0.25, 0.3) is 0 Å². The van der Waals surface area contributed by atoms with Crippen LogP contribution < -0.4 is 0 Å². The van der Waals surface area contributed by atoms with E-state index < -0.39 is 5.60 Å². The predicted octanol–water partition coefficient (Wildman–Crippen LogP) is 0.273. The molecule has 1 amide bonds. The maximum atomic E-state index is 12.0. The van der Waals surface area contributed by atoms with Crippen LogP contribution in [0, 0.1) is 0 Å². The van der Waals surface area contributed by atoms with E-state index in [1.54, 1.807) is 22.8 Å². The standard InChI is InChI=1S/C13H21N3O3/c1-15(11-13(18)4-9-19-10-5-13)12(17)3-8-16-7-2-6-14-16/h2,6-7,18H,3-5,8-11H2,1H3. The minimum atomic E-state index is -0.797. The number of ether oxygens (including phenoxy) is 1. The first-order valence-corrected chi connectivity index (χ1v) is 6.61. The zero-order valence-corrected chi connectivity index (χ0v) is 11.3. The van der Waals surface area contributed by atoms with Crippen molar-refractivity contribution in [3.8, 4) is 0 Å². The number of carbonyl (C=O) groups excluding carboxylic acids is 1. The Bertz CT molecular complexity index is 399. The molecule has 1 aliphatic heterocycles. The Morgan fingerprint density at radius 2 is 2.26 bits per heavy atom. The summed E-state index contributed by atoms with van der Waals surface area (Å²) in [6, 6.07) is 1.83. The highest BCUT2D eigenvalue weighted by molar-refractivity contribution is 5.75. The van der Waals surface area contributed by atoms with Crippen LogP contribution in [0.3, 0.4) is 0 Å². The van der Waals surface area contributed by atoms with Gasteiger partial charge in [-0.05, 0) is 6.07 Å². The average molecular weight is 267 g/mol. The molecule has 2 heterocycles. The van der Waals surface area contributed by atoms with Gasteiger partial charge in [0, 0.05) is 65.0 Å². The van der Waals surface area contributed by atoms with Gasteiger partial charge in [-0.2, -0.15) is 5.10 Å². The fraction of sp³-hybridized carbons (Fsp3) is 0.692. The zero-order chi connectivity index (χ0) is 13.7. The third kappa shape index (κ3) is 4.04. The Labute approximate surface area is 113 Å². The Kier molecular flexibility index (Phi) is 4.55. The van der Waals surface area contributed by atoms with Crippen molar-refractivity contribution in [2.24, 2.45) is 0 Å². The van der Waals surface area contributed by atoms with Gasteiger partial charge in [0.15, 0.2) is 0 Å². The van der Waals surface area contributed by atoms with Crippen LogP contribution in [0.1, 0.15) is 19.3 Å². The fourth-order valence-corrected chi connectivity index (χ4v) is 2.27. The van der Waals surface area contributed by atoms with Crippen molar-refractivity contribution in [3.05, 3.63) is 18.5 Å². The topological polar surface area (TPSA) is 67.6 Å². The van der Waals surface area contributed by atoms with Crippen LogP contribution in [0.4, 0.5) is 0 Å². The van der Waals surface area contributed by atoms with Crippen LogP contribution in [0.15, 0.2) is 18.5 Å². The summed E-state index contributed by atoms with van der Waals surface area (Å²) in [5, 5.41) is 14.4. The number of nitrogens with zero attached hydrogens (tertiary/aromatic N) is 3. The van der Waals surface area contributed by atoms with Crippen LogP contribution in [-0.4, -0.2) is 58.1 Å². The molecule has 1 aromatic heterocycles. The van der Waals surface area contributed by atoms with E-state index in [0.29, 0.717) is 45.6 Å². The van der Waals surface area contributed by atoms with Crippen LogP contribution in [0.25, 0.3) is 0 Å². The first kappa shape index (κ1) is 14.0. The van der Waals surface area contributed by atoms with Gasteiger partial charge in [-0.25, -0.2) is 0 Å². The van der Waals surface area contributed by atoms with Crippen molar-refractivity contribution < 1.29 is 14.6 Å². The number of rotatable bonds is 5. The Morgan fingerprint density at radius 1 is 1.53 bits per heavy atom. The Balaban J connectivity index is 1.78. The van der Waals surface area contributed by atoms with Gasteiger partial charge in [0.1, 0.15) is 0 Å². The van der Waals surface area contributed by atoms with Gasteiger partial charge in [-0.3, -0.25) is 9.48 Å². The molecule has 0 atom stereocenters. The van der Waals surface area contributed by atoms with Gasteiger partial charge in [0.05, 0.1) is 5.60 Å². The Hall–Kier alpha value is -1.40. The number of hydrogen-bond acceptors (Lipinski definition) is 4. The quantitative estimate of drug-likeness (QED) is 0.831. The highest BCUT2D eigenvalue weighted by Gasteiger charge is 2.32. The van der Waals surface area contributed by atoms with Gasteiger partial charge < -0.3 is 14.7 Å². The summed E-state index contributed by atoms with van der Waals surface area (Å²) in [7, 11) is 1.73. The molecular formula is C13H21N3O3. The number of amides is 1. The normalized spacial score (nSPS) is 18.2. The number of carbonyl (C=O) groups is 1. The van der Waals surface area contributed by atoms with E-state index in [1.807, 2.05) is 12.3 Å². The van der Waals surface area contributed by atoms with Crippen molar-refractivity contribution in [1.29, 1.82) is 0 Å². The molecule has 0 bridgehead atoms. The summed E-state index contributed by atoms with van der Waals surface area (Å²) < 4.78 is 6.96. The fourth-order valence-electron chi connectivity index (χ4n) is 2.27. The zero-order valence-electron chi connectivity index (χ0n) is 11.3. The second-order valence-corrected chi connectivity index (χ2v) is 5.11. The molecule has 0 radical (unpaired) electrons. The van der Waals surface area contributed by atoms with Crippen molar-refractivity contribution >= 4 is 5.91 Å². The van der Waals surface area contributed by atoms with Gasteiger partial charge in [-0.15, -0.1) is 0 Å². The van der Waals surface area contributed by atoms with Crippen LogP contribution in [-0.2, 0) is 16.1 Å². The molecule has 6 heteroatoms. The highest BCUT2D eigenvalue weighted by Crippen LogP contribution is 2.21. The minimum Gasteiger partial charge on any atom is -0.388 e. The Morgan fingerprint density at radius 3 is 2.89 bits per heavy atom. The molecule has 2 rings (SSSR count). The molecule has 6 nitrogen and oxygen atoms in total. The smallest absolute Gasteiger partial charge is 0.224 e. The van der Waals surface area contributed by atoms with Crippen LogP contribution in [0.2, 0.25) is 0 Å². The van der Waals surface area contributed by atoms with Crippen LogP contribution >= 0.6 is 0 Å². The maximum Gasteiger partial charge on any atom is 0.224 e. The monoisotopic (exact) mass is 267 g/mol. The van der Waals surface area contributed by atoms with E-state index in [-0.39, 0.29) is 5.91 Å². The maximum absolute atomic E-state index is 12.0. The van der Waals surface area contributed by atoms with Crippen molar-refractivity contribution in [3.63, 3.8) is 0 Å².